The summed E-state index contributed by atoms with van der Waals surface area (Å²) < 4.78 is 25.6. The second-order valence-electron chi connectivity index (χ2n) is 2.44. The van der Waals surface area contributed by atoms with Crippen LogP contribution in [0.15, 0.2) is 30.1 Å². The van der Waals surface area contributed by atoms with Crippen molar-refractivity contribution in [3.05, 3.63) is 40.7 Å². The normalized spacial score (nSPS) is 12.2. The zero-order chi connectivity index (χ0) is 10.7. The van der Waals surface area contributed by atoms with Gasteiger partial charge >= 0.3 is 5.97 Å². The van der Waals surface area contributed by atoms with Crippen LogP contribution in [0.3, 0.4) is 0 Å². The number of hydrogen-bond acceptors (Lipinski definition) is 1. The molecule has 0 aliphatic heterocycles. The molecule has 0 bridgehead atoms. The van der Waals surface area contributed by atoms with Crippen molar-refractivity contribution < 1.29 is 18.7 Å². The molecule has 0 aliphatic carbocycles. The summed E-state index contributed by atoms with van der Waals surface area (Å²) in [4.78, 5) is 10.1. The van der Waals surface area contributed by atoms with E-state index in [2.05, 4.69) is 0 Å². The van der Waals surface area contributed by atoms with Gasteiger partial charge in [-0.1, -0.05) is 23.7 Å². The molecule has 1 N–H and O–H groups in total. The van der Waals surface area contributed by atoms with Gasteiger partial charge in [-0.15, -0.1) is 0 Å². The summed E-state index contributed by atoms with van der Waals surface area (Å²) in [6.07, 6.45) is 0. The van der Waals surface area contributed by atoms with Gasteiger partial charge in [-0.05, 0) is 12.1 Å². The smallest absolute Gasteiger partial charge is 0.367 e. The standard InChI is InChI=1S/C9H5ClF2O2/c10-6-3-1-2-5(4-6)7(11)8(12)9(13)14/h1-4H,(H,13,14). The van der Waals surface area contributed by atoms with Crippen LogP contribution in [0.1, 0.15) is 5.56 Å². The van der Waals surface area contributed by atoms with Gasteiger partial charge in [0.25, 0.3) is 0 Å². The summed E-state index contributed by atoms with van der Waals surface area (Å²) in [6.45, 7) is 0. The Morgan fingerprint density at radius 1 is 1.36 bits per heavy atom. The highest BCUT2D eigenvalue weighted by Crippen LogP contribution is 2.23. The van der Waals surface area contributed by atoms with E-state index in [1.807, 2.05) is 0 Å². The summed E-state index contributed by atoms with van der Waals surface area (Å²) in [6, 6.07) is 5.23. The van der Waals surface area contributed by atoms with Gasteiger partial charge in [-0.3, -0.25) is 0 Å². The van der Waals surface area contributed by atoms with Crippen molar-refractivity contribution in [2.45, 2.75) is 0 Å². The van der Waals surface area contributed by atoms with E-state index in [1.54, 1.807) is 0 Å². The Kier molecular flexibility index (Phi) is 3.19. The predicted octanol–water partition coefficient (Wildman–Crippen LogP) is 3.03. The van der Waals surface area contributed by atoms with Crippen LogP contribution in [0, 0.1) is 0 Å². The molecular formula is C9H5ClF2O2. The molecule has 1 rings (SSSR count). The molecule has 0 saturated heterocycles. The molecule has 5 heteroatoms. The van der Waals surface area contributed by atoms with Gasteiger partial charge in [-0.25, -0.2) is 9.18 Å². The van der Waals surface area contributed by atoms with E-state index in [1.165, 1.54) is 18.2 Å². The Bertz CT molecular complexity index is 402. The maximum absolute atomic E-state index is 13.0. The Hall–Kier alpha value is -1.42. The fourth-order valence-corrected chi connectivity index (χ4v) is 1.04. The van der Waals surface area contributed by atoms with E-state index in [0.29, 0.717) is 0 Å². The first kappa shape index (κ1) is 10.7. The maximum atomic E-state index is 13.0. The fourth-order valence-electron chi connectivity index (χ4n) is 0.846. The predicted molar refractivity (Wildman–Crippen MR) is 48.2 cm³/mol. The van der Waals surface area contributed by atoms with Crippen molar-refractivity contribution in [2.24, 2.45) is 0 Å². The molecule has 74 valence electrons. The number of hydrogen-bond donors (Lipinski definition) is 1. The van der Waals surface area contributed by atoms with E-state index < -0.39 is 17.6 Å². The van der Waals surface area contributed by atoms with Crippen LogP contribution in [-0.4, -0.2) is 11.1 Å². The van der Waals surface area contributed by atoms with Crippen LogP contribution in [0.4, 0.5) is 8.78 Å². The molecule has 0 spiro atoms. The van der Waals surface area contributed by atoms with Crippen LogP contribution >= 0.6 is 11.6 Å². The lowest BCUT2D eigenvalue weighted by atomic mass is 10.2. The highest BCUT2D eigenvalue weighted by Gasteiger charge is 2.15. The van der Waals surface area contributed by atoms with E-state index in [4.69, 9.17) is 16.7 Å². The van der Waals surface area contributed by atoms with Gasteiger partial charge in [0.1, 0.15) is 0 Å². The molecule has 0 heterocycles. The lowest BCUT2D eigenvalue weighted by Crippen LogP contribution is -1.97. The van der Waals surface area contributed by atoms with Crippen molar-refractivity contribution in [1.82, 2.24) is 0 Å². The largest absolute Gasteiger partial charge is 0.476 e. The molecule has 0 unspecified atom stereocenters. The molecule has 0 saturated carbocycles. The molecule has 0 fully saturated rings. The number of benzene rings is 1. The first-order valence-corrected chi connectivity index (χ1v) is 3.94. The van der Waals surface area contributed by atoms with E-state index in [9.17, 15) is 13.6 Å². The molecule has 0 aromatic heterocycles. The lowest BCUT2D eigenvalue weighted by Gasteiger charge is -1.98. The first-order valence-electron chi connectivity index (χ1n) is 3.57. The summed E-state index contributed by atoms with van der Waals surface area (Å²) in [5.41, 5.74) is -0.197. The van der Waals surface area contributed by atoms with E-state index in [0.717, 1.165) is 6.07 Å². The quantitative estimate of drug-likeness (QED) is 0.775. The van der Waals surface area contributed by atoms with E-state index >= 15 is 0 Å². The monoisotopic (exact) mass is 218 g/mol. The minimum absolute atomic E-state index is 0.197. The van der Waals surface area contributed by atoms with Gasteiger partial charge in [0.2, 0.25) is 5.83 Å². The van der Waals surface area contributed by atoms with Crippen molar-refractivity contribution in [2.75, 3.05) is 0 Å². The first-order chi connectivity index (χ1) is 6.52. The van der Waals surface area contributed by atoms with Gasteiger partial charge in [0.15, 0.2) is 5.83 Å². The minimum atomic E-state index is -1.94. The fraction of sp³-hybridized carbons (Fsp3) is 0. The van der Waals surface area contributed by atoms with Crippen LogP contribution < -0.4 is 0 Å². The Balaban J connectivity index is 3.18. The van der Waals surface area contributed by atoms with Crippen LogP contribution in [-0.2, 0) is 4.79 Å². The molecule has 14 heavy (non-hydrogen) atoms. The second kappa shape index (κ2) is 4.19. The van der Waals surface area contributed by atoms with Crippen molar-refractivity contribution >= 4 is 23.4 Å². The Morgan fingerprint density at radius 3 is 2.50 bits per heavy atom. The average molecular weight is 219 g/mol. The Morgan fingerprint density at radius 2 is 2.00 bits per heavy atom. The molecule has 0 amide bonds. The molecular weight excluding hydrogens is 214 g/mol. The maximum Gasteiger partial charge on any atom is 0.367 e. The molecule has 1 aromatic rings. The molecule has 0 aliphatic rings. The highest BCUT2D eigenvalue weighted by atomic mass is 35.5. The highest BCUT2D eigenvalue weighted by molar-refractivity contribution is 6.30. The number of aliphatic carboxylic acids is 1. The second-order valence-corrected chi connectivity index (χ2v) is 2.88. The third-order valence-corrected chi connectivity index (χ3v) is 1.69. The summed E-state index contributed by atoms with van der Waals surface area (Å²) in [5.74, 6) is -5.20. The number of halogens is 3. The summed E-state index contributed by atoms with van der Waals surface area (Å²) >= 11 is 5.51. The third kappa shape index (κ3) is 2.29. The zero-order valence-electron chi connectivity index (χ0n) is 6.80. The molecule has 2 nitrogen and oxygen atoms in total. The van der Waals surface area contributed by atoms with Crippen LogP contribution in [0.2, 0.25) is 5.02 Å². The van der Waals surface area contributed by atoms with Crippen molar-refractivity contribution in [1.29, 1.82) is 0 Å². The van der Waals surface area contributed by atoms with Crippen molar-refractivity contribution in [3.8, 4) is 0 Å². The number of carbonyl (C=O) groups is 1. The van der Waals surface area contributed by atoms with Gasteiger partial charge in [0.05, 0.1) is 0 Å². The topological polar surface area (TPSA) is 37.3 Å². The van der Waals surface area contributed by atoms with Gasteiger partial charge < -0.3 is 5.11 Å². The Labute approximate surface area is 83.4 Å². The number of carboxylic acids is 1. The van der Waals surface area contributed by atoms with Crippen LogP contribution in [0.5, 0.6) is 0 Å². The number of rotatable bonds is 2. The average Bonchev–Trinajstić information content (AvgIpc) is 2.15. The zero-order valence-corrected chi connectivity index (χ0v) is 7.55. The van der Waals surface area contributed by atoms with Crippen LogP contribution in [0.25, 0.3) is 5.83 Å². The lowest BCUT2D eigenvalue weighted by molar-refractivity contribution is -0.134. The van der Waals surface area contributed by atoms with Gasteiger partial charge in [0, 0.05) is 10.6 Å². The van der Waals surface area contributed by atoms with E-state index in [-0.39, 0.29) is 10.6 Å². The molecule has 0 radical (unpaired) electrons. The summed E-state index contributed by atoms with van der Waals surface area (Å²) in [7, 11) is 0. The molecule has 0 atom stereocenters. The SMILES string of the molecule is O=C(O)C(F)=C(F)c1cccc(Cl)c1. The van der Waals surface area contributed by atoms with Gasteiger partial charge in [-0.2, -0.15) is 4.39 Å². The summed E-state index contributed by atoms with van der Waals surface area (Å²) in [5, 5.41) is 8.38. The minimum Gasteiger partial charge on any atom is -0.476 e. The van der Waals surface area contributed by atoms with Crippen molar-refractivity contribution in [3.63, 3.8) is 0 Å². The molecule has 1 aromatic carbocycles. The third-order valence-electron chi connectivity index (χ3n) is 1.46. The number of carboxylic acid groups (broad SMARTS) is 1.